The summed E-state index contributed by atoms with van der Waals surface area (Å²) in [6.07, 6.45) is -2.12. The van der Waals surface area contributed by atoms with Crippen LogP contribution in [0.4, 0.5) is 29.7 Å². The van der Waals surface area contributed by atoms with Crippen molar-refractivity contribution in [3.63, 3.8) is 0 Å². The normalized spacial score (nSPS) is 17.7. The molecule has 1 aliphatic carbocycles. The van der Waals surface area contributed by atoms with Gasteiger partial charge < -0.3 is 20.7 Å². The molecule has 0 radical (unpaired) electrons. The number of nitrogens with zero attached hydrogens (tertiary/aromatic N) is 2. The summed E-state index contributed by atoms with van der Waals surface area (Å²) < 4.78 is 73.0. The lowest BCUT2D eigenvalue weighted by atomic mass is 9.82. The number of para-hydroxylation sites is 1. The van der Waals surface area contributed by atoms with Crippen molar-refractivity contribution in [1.29, 1.82) is 0 Å². The SMILES string of the molecule is CC(C)(C)OC(=O)NCCNc1nc(NC[C@H]2CC[C@H](CNS(=O)(=O)c3ccccc3C(F)(F)F)CC2)nc2ccccc12. The predicted molar refractivity (Wildman–Crippen MR) is 163 cm³/mol. The molecule has 4 N–H and O–H groups in total. The molecule has 1 heterocycles. The van der Waals surface area contributed by atoms with E-state index in [1.54, 1.807) is 20.8 Å². The first-order chi connectivity index (χ1) is 20.7. The van der Waals surface area contributed by atoms with Gasteiger partial charge in [-0.3, -0.25) is 0 Å². The number of carbonyl (C=O) groups is 1. The molecule has 3 aromatic rings. The minimum absolute atomic E-state index is 0.0288. The van der Waals surface area contributed by atoms with E-state index in [-0.39, 0.29) is 12.5 Å². The van der Waals surface area contributed by atoms with Crippen LogP contribution in [0.2, 0.25) is 0 Å². The van der Waals surface area contributed by atoms with E-state index in [1.807, 2.05) is 24.3 Å². The van der Waals surface area contributed by atoms with Gasteiger partial charge in [0.1, 0.15) is 11.4 Å². The second kappa shape index (κ2) is 14.0. The van der Waals surface area contributed by atoms with Gasteiger partial charge >= 0.3 is 12.3 Å². The number of sulfonamides is 1. The van der Waals surface area contributed by atoms with E-state index in [0.717, 1.165) is 48.7 Å². The van der Waals surface area contributed by atoms with Crippen LogP contribution in [0.5, 0.6) is 0 Å². The Bertz CT molecular complexity index is 1540. The molecule has 0 bridgehead atoms. The van der Waals surface area contributed by atoms with Crippen LogP contribution in [0.1, 0.15) is 52.0 Å². The molecule has 44 heavy (non-hydrogen) atoms. The van der Waals surface area contributed by atoms with Crippen LogP contribution < -0.4 is 20.7 Å². The molecule has 4 rings (SSSR count). The van der Waals surface area contributed by atoms with E-state index in [2.05, 4.69) is 30.6 Å². The van der Waals surface area contributed by atoms with Gasteiger partial charge in [-0.05, 0) is 82.6 Å². The van der Waals surface area contributed by atoms with Gasteiger partial charge in [0.25, 0.3) is 0 Å². The molecule has 1 saturated carbocycles. The lowest BCUT2D eigenvalue weighted by Crippen LogP contribution is -2.35. The zero-order valence-corrected chi connectivity index (χ0v) is 25.8. The van der Waals surface area contributed by atoms with Gasteiger partial charge in [0.2, 0.25) is 16.0 Å². The number of hydrogen-bond donors (Lipinski definition) is 4. The smallest absolute Gasteiger partial charge is 0.417 e. The first kappa shape index (κ1) is 33.2. The molecule has 14 heteroatoms. The molecule has 0 atom stereocenters. The Morgan fingerprint density at radius 3 is 2.20 bits per heavy atom. The molecule has 1 fully saturated rings. The molecule has 1 aliphatic rings. The molecule has 0 unspecified atom stereocenters. The molecular weight excluding hydrogens is 597 g/mol. The zero-order chi connectivity index (χ0) is 32.0. The number of halogens is 3. The lowest BCUT2D eigenvalue weighted by Gasteiger charge is -2.29. The van der Waals surface area contributed by atoms with Gasteiger partial charge in [0, 0.05) is 31.6 Å². The maximum Gasteiger partial charge on any atom is 0.417 e. The van der Waals surface area contributed by atoms with Crippen LogP contribution in [0.15, 0.2) is 53.4 Å². The number of aromatic nitrogens is 2. The van der Waals surface area contributed by atoms with E-state index in [4.69, 9.17) is 4.74 Å². The molecule has 2 aromatic carbocycles. The van der Waals surface area contributed by atoms with E-state index in [1.165, 1.54) is 12.1 Å². The molecular formula is C30H39F3N6O4S. The number of rotatable bonds is 11. The first-order valence-electron chi connectivity index (χ1n) is 14.6. The third-order valence-corrected chi connectivity index (χ3v) is 8.73. The van der Waals surface area contributed by atoms with Crippen molar-refractivity contribution >= 4 is 38.8 Å². The zero-order valence-electron chi connectivity index (χ0n) is 25.0. The topological polar surface area (TPSA) is 134 Å². The fraction of sp³-hybridized carbons (Fsp3) is 0.500. The first-order valence-corrected chi connectivity index (χ1v) is 16.1. The highest BCUT2D eigenvalue weighted by Crippen LogP contribution is 2.34. The fourth-order valence-corrected chi connectivity index (χ4v) is 6.41. The van der Waals surface area contributed by atoms with Crippen LogP contribution in [0.25, 0.3) is 10.9 Å². The molecule has 1 aromatic heterocycles. The van der Waals surface area contributed by atoms with Crippen LogP contribution in [0.3, 0.4) is 0 Å². The summed E-state index contributed by atoms with van der Waals surface area (Å²) in [6.45, 7) is 6.87. The number of ether oxygens (including phenoxy) is 1. The number of amides is 1. The van der Waals surface area contributed by atoms with Crippen molar-refractivity contribution in [2.24, 2.45) is 11.8 Å². The van der Waals surface area contributed by atoms with E-state index < -0.39 is 38.4 Å². The average molecular weight is 637 g/mol. The lowest BCUT2D eigenvalue weighted by molar-refractivity contribution is -0.139. The van der Waals surface area contributed by atoms with Gasteiger partial charge in [0.15, 0.2) is 0 Å². The summed E-state index contributed by atoms with van der Waals surface area (Å²) in [4.78, 5) is 20.4. The molecule has 0 spiro atoms. The quantitative estimate of drug-likeness (QED) is 0.195. The van der Waals surface area contributed by atoms with Crippen molar-refractivity contribution in [3.05, 3.63) is 54.1 Å². The van der Waals surface area contributed by atoms with Crippen LogP contribution >= 0.6 is 0 Å². The third-order valence-electron chi connectivity index (χ3n) is 7.25. The van der Waals surface area contributed by atoms with E-state index in [9.17, 15) is 26.4 Å². The number of carbonyl (C=O) groups excluding carboxylic acids is 1. The maximum absolute atomic E-state index is 13.3. The molecule has 10 nitrogen and oxygen atoms in total. The fourth-order valence-electron chi connectivity index (χ4n) is 5.07. The Kier molecular flexibility index (Phi) is 10.6. The van der Waals surface area contributed by atoms with E-state index in [0.29, 0.717) is 37.3 Å². The highest BCUT2D eigenvalue weighted by molar-refractivity contribution is 7.89. The number of nitrogens with one attached hydrogen (secondary N) is 4. The van der Waals surface area contributed by atoms with Gasteiger partial charge in [-0.1, -0.05) is 24.3 Å². The Labute approximate surface area is 255 Å². The molecule has 240 valence electrons. The van der Waals surface area contributed by atoms with Crippen LogP contribution in [-0.4, -0.2) is 56.3 Å². The Hall–Kier alpha value is -3.65. The Morgan fingerprint density at radius 2 is 1.52 bits per heavy atom. The number of alkyl halides is 3. The largest absolute Gasteiger partial charge is 0.444 e. The van der Waals surface area contributed by atoms with Crippen molar-refractivity contribution < 1.29 is 31.1 Å². The minimum Gasteiger partial charge on any atom is -0.444 e. The monoisotopic (exact) mass is 636 g/mol. The second-order valence-corrected chi connectivity index (χ2v) is 13.6. The molecule has 1 amide bonds. The van der Waals surface area contributed by atoms with Gasteiger partial charge in [-0.15, -0.1) is 0 Å². The second-order valence-electron chi connectivity index (χ2n) is 11.9. The maximum atomic E-state index is 13.3. The van der Waals surface area contributed by atoms with Crippen LogP contribution in [-0.2, 0) is 20.9 Å². The highest BCUT2D eigenvalue weighted by Gasteiger charge is 2.37. The summed E-state index contributed by atoms with van der Waals surface area (Å²) in [5.41, 5.74) is -0.991. The van der Waals surface area contributed by atoms with E-state index >= 15 is 0 Å². The number of alkyl carbamates (subject to hydrolysis) is 1. The molecule has 0 aliphatic heterocycles. The third kappa shape index (κ3) is 9.42. The number of fused-ring (bicyclic) bond motifs is 1. The van der Waals surface area contributed by atoms with Crippen molar-refractivity contribution in [2.45, 2.75) is 63.1 Å². The summed E-state index contributed by atoms with van der Waals surface area (Å²) in [6, 6.07) is 11.8. The van der Waals surface area contributed by atoms with Gasteiger partial charge in [0.05, 0.1) is 16.0 Å². The Morgan fingerprint density at radius 1 is 0.886 bits per heavy atom. The summed E-state index contributed by atoms with van der Waals surface area (Å²) in [5, 5.41) is 10.1. The number of hydrogen-bond acceptors (Lipinski definition) is 8. The Balaban J connectivity index is 1.27. The van der Waals surface area contributed by atoms with Crippen molar-refractivity contribution in [3.8, 4) is 0 Å². The minimum atomic E-state index is -4.76. The number of benzene rings is 2. The molecule has 0 saturated heterocycles. The van der Waals surface area contributed by atoms with Gasteiger partial charge in [-0.2, -0.15) is 18.2 Å². The van der Waals surface area contributed by atoms with Crippen molar-refractivity contribution in [1.82, 2.24) is 20.0 Å². The number of anilines is 2. The summed E-state index contributed by atoms with van der Waals surface area (Å²) in [5.74, 6) is 1.43. The van der Waals surface area contributed by atoms with Gasteiger partial charge in [-0.25, -0.2) is 22.9 Å². The predicted octanol–water partition coefficient (Wildman–Crippen LogP) is 5.78. The summed E-state index contributed by atoms with van der Waals surface area (Å²) >= 11 is 0. The highest BCUT2D eigenvalue weighted by atomic mass is 32.2. The van der Waals surface area contributed by atoms with Crippen molar-refractivity contribution in [2.75, 3.05) is 36.8 Å². The van der Waals surface area contributed by atoms with Crippen LogP contribution in [0, 0.1) is 11.8 Å². The standard InChI is InChI=1S/C30H39F3N6O4S/c1-29(2,3)43-28(40)35-17-16-34-26-22-8-4-6-10-24(22)38-27(39-26)36-18-20-12-14-21(15-13-20)19-37-44(41,42)25-11-7-5-9-23(25)30(31,32)33/h4-11,20-21,37H,12-19H2,1-3H3,(H,35,40)(H2,34,36,38,39)/t20-,21-. The summed E-state index contributed by atoms with van der Waals surface area (Å²) in [7, 11) is -4.31. The average Bonchev–Trinajstić information content (AvgIpc) is 2.96.